The van der Waals surface area contributed by atoms with E-state index in [-0.39, 0.29) is 36.4 Å². The highest BCUT2D eigenvalue weighted by atomic mass is 16.2. The summed E-state index contributed by atoms with van der Waals surface area (Å²) in [5.74, 6) is -1.90. The maximum atomic E-state index is 12.4. The van der Waals surface area contributed by atoms with Crippen molar-refractivity contribution in [3.8, 4) is 11.4 Å². The molecule has 0 unspecified atom stereocenters. The molecule has 3 rings (SSSR count). The number of tetrazole rings is 1. The first kappa shape index (κ1) is 16.2. The fourth-order valence-corrected chi connectivity index (χ4v) is 2.99. The fraction of sp³-hybridized carbons (Fsp3) is 0.412. The van der Waals surface area contributed by atoms with Crippen molar-refractivity contribution in [1.29, 1.82) is 0 Å². The number of hydrogen-bond acceptors (Lipinski definition) is 6. The summed E-state index contributed by atoms with van der Waals surface area (Å²) in [6, 6.07) is 9.24. The van der Waals surface area contributed by atoms with Gasteiger partial charge in [-0.05, 0) is 10.6 Å². The first-order valence-electron chi connectivity index (χ1n) is 7.77. The van der Waals surface area contributed by atoms with E-state index in [4.69, 9.17) is 0 Å². The molecule has 0 saturated heterocycles. The third-order valence-corrected chi connectivity index (χ3v) is 4.05. The van der Waals surface area contributed by atoms with Crippen LogP contribution in [0.5, 0.6) is 0 Å². The lowest BCUT2D eigenvalue weighted by atomic mass is 9.70. The quantitative estimate of drug-likeness (QED) is 0.790. The molecule has 1 aliphatic rings. The second-order valence-corrected chi connectivity index (χ2v) is 6.86. The van der Waals surface area contributed by atoms with Crippen molar-refractivity contribution < 1.29 is 14.4 Å². The molecule has 0 aliphatic heterocycles. The zero-order valence-electron chi connectivity index (χ0n) is 13.6. The summed E-state index contributed by atoms with van der Waals surface area (Å²) in [6.45, 7) is 3.48. The van der Waals surface area contributed by atoms with Crippen LogP contribution in [0.1, 0.15) is 26.7 Å². The Kier molecular flexibility index (Phi) is 4.09. The lowest BCUT2D eigenvalue weighted by molar-refractivity contribution is -0.145. The summed E-state index contributed by atoms with van der Waals surface area (Å²) in [7, 11) is 0. The largest absolute Gasteiger partial charge is 0.298 e. The molecular weight excluding hydrogens is 308 g/mol. The summed E-state index contributed by atoms with van der Waals surface area (Å²) >= 11 is 0. The summed E-state index contributed by atoms with van der Waals surface area (Å²) in [4.78, 5) is 37.8. The first-order chi connectivity index (χ1) is 11.4. The molecule has 1 saturated carbocycles. The molecular formula is C17H18N4O3. The number of Topliss-reactive ketones (excluding diaryl/α,β-unsaturated/α-hetero) is 3. The predicted octanol–water partition coefficient (Wildman–Crippen LogP) is 1.48. The minimum absolute atomic E-state index is 0.231. The Morgan fingerprint density at radius 1 is 1.17 bits per heavy atom. The summed E-state index contributed by atoms with van der Waals surface area (Å²) in [5, 5.41) is 11.9. The van der Waals surface area contributed by atoms with Crippen molar-refractivity contribution >= 4 is 17.3 Å². The molecule has 124 valence electrons. The Hall–Kier alpha value is -2.70. The SMILES string of the molecule is CC1(C)CC(=O)C(C(=O)Cn2nnc(-c3ccccc3)n2)C(=O)C1. The van der Waals surface area contributed by atoms with E-state index in [0.717, 1.165) is 10.4 Å². The maximum absolute atomic E-state index is 12.4. The van der Waals surface area contributed by atoms with E-state index < -0.39 is 11.7 Å². The Bertz CT molecular complexity index is 775. The van der Waals surface area contributed by atoms with Gasteiger partial charge in [0.2, 0.25) is 5.82 Å². The van der Waals surface area contributed by atoms with Gasteiger partial charge in [-0.3, -0.25) is 14.4 Å². The lowest BCUT2D eigenvalue weighted by Gasteiger charge is -2.31. The van der Waals surface area contributed by atoms with E-state index in [1.54, 1.807) is 0 Å². The number of rotatable bonds is 4. The number of hydrogen-bond donors (Lipinski definition) is 0. The van der Waals surface area contributed by atoms with Crippen LogP contribution in [0.3, 0.4) is 0 Å². The van der Waals surface area contributed by atoms with Crippen LogP contribution in [-0.4, -0.2) is 37.6 Å². The van der Waals surface area contributed by atoms with Gasteiger partial charge in [-0.2, -0.15) is 4.80 Å². The zero-order chi connectivity index (χ0) is 17.3. The molecule has 0 atom stereocenters. The minimum atomic E-state index is -1.19. The normalized spacial score (nSPS) is 17.9. The van der Waals surface area contributed by atoms with Crippen molar-refractivity contribution in [2.75, 3.05) is 0 Å². The van der Waals surface area contributed by atoms with Crippen LogP contribution in [0.15, 0.2) is 30.3 Å². The lowest BCUT2D eigenvalue weighted by Crippen LogP contribution is -2.43. The second-order valence-electron chi connectivity index (χ2n) is 6.86. The molecule has 0 spiro atoms. The summed E-state index contributed by atoms with van der Waals surface area (Å²) < 4.78 is 0. The second kappa shape index (κ2) is 6.07. The van der Waals surface area contributed by atoms with E-state index >= 15 is 0 Å². The average Bonchev–Trinajstić information content (AvgIpc) is 2.94. The number of ketones is 3. The fourth-order valence-electron chi connectivity index (χ4n) is 2.99. The summed E-state index contributed by atoms with van der Waals surface area (Å²) in [6.07, 6.45) is 0.463. The van der Waals surface area contributed by atoms with Gasteiger partial charge in [-0.15, -0.1) is 10.2 Å². The van der Waals surface area contributed by atoms with Gasteiger partial charge in [0.25, 0.3) is 0 Å². The molecule has 1 aliphatic carbocycles. The third kappa shape index (κ3) is 3.29. The van der Waals surface area contributed by atoms with E-state index in [2.05, 4.69) is 15.4 Å². The van der Waals surface area contributed by atoms with Crippen LogP contribution in [0.25, 0.3) is 11.4 Å². The predicted molar refractivity (Wildman–Crippen MR) is 84.8 cm³/mol. The van der Waals surface area contributed by atoms with Crippen molar-refractivity contribution in [3.05, 3.63) is 30.3 Å². The smallest absolute Gasteiger partial charge is 0.204 e. The first-order valence-corrected chi connectivity index (χ1v) is 7.77. The number of carbonyl (C=O) groups is 3. The van der Waals surface area contributed by atoms with Gasteiger partial charge in [0.1, 0.15) is 12.5 Å². The van der Waals surface area contributed by atoms with Crippen LogP contribution >= 0.6 is 0 Å². The molecule has 0 amide bonds. The molecule has 7 heteroatoms. The Labute approximate surface area is 139 Å². The third-order valence-electron chi connectivity index (χ3n) is 4.05. The van der Waals surface area contributed by atoms with Gasteiger partial charge in [0, 0.05) is 18.4 Å². The molecule has 2 aromatic rings. The highest BCUT2D eigenvalue weighted by Crippen LogP contribution is 2.34. The van der Waals surface area contributed by atoms with E-state index in [1.807, 2.05) is 44.2 Å². The molecule has 0 bridgehead atoms. The average molecular weight is 326 g/mol. The summed E-state index contributed by atoms with van der Waals surface area (Å²) in [5.41, 5.74) is 0.402. The van der Waals surface area contributed by atoms with E-state index in [1.165, 1.54) is 0 Å². The number of benzene rings is 1. The van der Waals surface area contributed by atoms with Crippen LogP contribution in [0.2, 0.25) is 0 Å². The van der Waals surface area contributed by atoms with Gasteiger partial charge >= 0.3 is 0 Å². The number of carbonyl (C=O) groups excluding carboxylic acids is 3. The van der Waals surface area contributed by atoms with Crippen molar-refractivity contribution in [3.63, 3.8) is 0 Å². The van der Waals surface area contributed by atoms with Gasteiger partial charge in [-0.1, -0.05) is 44.2 Å². The van der Waals surface area contributed by atoms with Gasteiger partial charge in [0.05, 0.1) is 0 Å². The zero-order valence-corrected chi connectivity index (χ0v) is 13.6. The minimum Gasteiger partial charge on any atom is -0.298 e. The van der Waals surface area contributed by atoms with Crippen molar-refractivity contribution in [2.24, 2.45) is 11.3 Å². The highest BCUT2D eigenvalue weighted by molar-refractivity contribution is 6.20. The molecule has 1 heterocycles. The highest BCUT2D eigenvalue weighted by Gasteiger charge is 2.43. The van der Waals surface area contributed by atoms with E-state index in [9.17, 15) is 14.4 Å². The van der Waals surface area contributed by atoms with E-state index in [0.29, 0.717) is 5.82 Å². The molecule has 24 heavy (non-hydrogen) atoms. The van der Waals surface area contributed by atoms with Gasteiger partial charge < -0.3 is 0 Å². The molecule has 1 aromatic heterocycles. The number of aromatic nitrogens is 4. The van der Waals surface area contributed by atoms with Crippen molar-refractivity contribution in [2.45, 2.75) is 33.2 Å². The topological polar surface area (TPSA) is 94.8 Å². The molecule has 0 N–H and O–H groups in total. The number of nitrogens with zero attached hydrogens (tertiary/aromatic N) is 4. The van der Waals surface area contributed by atoms with Crippen molar-refractivity contribution in [1.82, 2.24) is 20.2 Å². The molecule has 1 fully saturated rings. The van der Waals surface area contributed by atoms with Crippen LogP contribution in [0, 0.1) is 11.3 Å². The standard InChI is InChI=1S/C17H18N4O3/c1-17(2)8-12(22)15(13(23)9-17)14(24)10-21-19-16(18-20-21)11-6-4-3-5-7-11/h3-7,15H,8-10H2,1-2H3. The monoisotopic (exact) mass is 326 g/mol. The van der Waals surface area contributed by atoms with Crippen LogP contribution in [0.4, 0.5) is 0 Å². The maximum Gasteiger partial charge on any atom is 0.204 e. The van der Waals surface area contributed by atoms with Gasteiger partial charge in [-0.25, -0.2) is 0 Å². The Morgan fingerprint density at radius 2 is 1.79 bits per heavy atom. The molecule has 1 aromatic carbocycles. The molecule has 0 radical (unpaired) electrons. The van der Waals surface area contributed by atoms with Crippen LogP contribution in [-0.2, 0) is 20.9 Å². The molecule has 7 nitrogen and oxygen atoms in total. The van der Waals surface area contributed by atoms with Gasteiger partial charge in [0.15, 0.2) is 17.3 Å². The Morgan fingerprint density at radius 3 is 2.42 bits per heavy atom. The van der Waals surface area contributed by atoms with Crippen LogP contribution < -0.4 is 0 Å². The Balaban J connectivity index is 1.73.